The number of benzene rings is 2. The zero-order valence-electron chi connectivity index (χ0n) is 16.4. The van der Waals surface area contributed by atoms with Crippen LogP contribution in [0.2, 0.25) is 19.6 Å². The number of rotatable bonds is 5. The highest BCUT2D eigenvalue weighted by Crippen LogP contribution is 2.35. The second-order valence-electron chi connectivity index (χ2n) is 7.91. The lowest BCUT2D eigenvalue weighted by atomic mass is 10.00. The molecule has 3 rings (SSSR count). The Morgan fingerprint density at radius 2 is 1.52 bits per heavy atom. The van der Waals surface area contributed by atoms with E-state index in [1.54, 1.807) is 12.1 Å². The molecule has 1 unspecified atom stereocenters. The van der Waals surface area contributed by atoms with E-state index in [0.717, 1.165) is 28.1 Å². The van der Waals surface area contributed by atoms with Crippen molar-refractivity contribution in [3.63, 3.8) is 0 Å². The van der Waals surface area contributed by atoms with Crippen LogP contribution in [0.15, 0.2) is 64.0 Å². The molecule has 0 spiro atoms. The minimum Gasteiger partial charge on any atom is -0.360 e. The first kappa shape index (κ1) is 19.6. The molecule has 0 aliphatic rings. The number of sulfone groups is 1. The second kappa shape index (κ2) is 7.09. The van der Waals surface area contributed by atoms with E-state index in [4.69, 9.17) is 4.52 Å². The van der Waals surface area contributed by atoms with Gasteiger partial charge in [-0.1, -0.05) is 74.2 Å². The van der Waals surface area contributed by atoms with Crippen LogP contribution in [-0.4, -0.2) is 26.5 Å². The van der Waals surface area contributed by atoms with Crippen LogP contribution in [0.5, 0.6) is 0 Å². The fourth-order valence-corrected chi connectivity index (χ4v) is 8.04. The molecule has 4 nitrogen and oxygen atoms in total. The van der Waals surface area contributed by atoms with Crippen molar-refractivity contribution in [1.29, 1.82) is 0 Å². The summed E-state index contributed by atoms with van der Waals surface area (Å²) < 4.78 is 31.3. The van der Waals surface area contributed by atoms with Crippen LogP contribution in [0.3, 0.4) is 0 Å². The molecule has 27 heavy (non-hydrogen) atoms. The van der Waals surface area contributed by atoms with Crippen LogP contribution in [0.1, 0.15) is 12.7 Å². The molecule has 1 heterocycles. The van der Waals surface area contributed by atoms with Gasteiger partial charge in [0.15, 0.2) is 9.84 Å². The number of aryl methyl sites for hydroxylation is 1. The highest BCUT2D eigenvalue weighted by Gasteiger charge is 2.34. The molecule has 142 valence electrons. The number of aromatic nitrogens is 1. The highest BCUT2D eigenvalue weighted by atomic mass is 32.2. The van der Waals surface area contributed by atoms with Gasteiger partial charge in [0.25, 0.3) is 0 Å². The van der Waals surface area contributed by atoms with Crippen molar-refractivity contribution in [2.45, 2.75) is 43.3 Å². The first-order valence-corrected chi connectivity index (χ1v) is 14.1. The van der Waals surface area contributed by atoms with Crippen LogP contribution in [0, 0.1) is 6.92 Å². The maximum atomic E-state index is 12.9. The molecular formula is C21H25NO3SSi. The van der Waals surface area contributed by atoms with Crippen LogP contribution < -0.4 is 0 Å². The standard InChI is InChI=1S/C21H25NO3SSi/c1-15-20(17-9-7-6-8-10-17)21(22-25-15)18-11-13-19(14-12-18)26(23,24)16(2)27(3,4)5/h6-14,16H,1-5H3. The Balaban J connectivity index is 2.01. The summed E-state index contributed by atoms with van der Waals surface area (Å²) in [5.41, 5.74) is 3.52. The van der Waals surface area contributed by atoms with E-state index in [1.165, 1.54) is 0 Å². The number of nitrogens with zero attached hydrogens (tertiary/aromatic N) is 1. The van der Waals surface area contributed by atoms with E-state index in [0.29, 0.717) is 4.90 Å². The Morgan fingerprint density at radius 1 is 0.926 bits per heavy atom. The third-order valence-corrected chi connectivity index (χ3v) is 12.4. The van der Waals surface area contributed by atoms with Gasteiger partial charge in [0, 0.05) is 5.56 Å². The van der Waals surface area contributed by atoms with E-state index < -0.39 is 17.9 Å². The fourth-order valence-electron chi connectivity index (χ4n) is 2.99. The van der Waals surface area contributed by atoms with E-state index in [9.17, 15) is 8.42 Å². The maximum Gasteiger partial charge on any atom is 0.178 e. The topological polar surface area (TPSA) is 60.2 Å². The SMILES string of the molecule is Cc1onc(-c2ccc(S(=O)(=O)C(C)[Si](C)(C)C)cc2)c1-c1ccccc1. The van der Waals surface area contributed by atoms with Crippen molar-refractivity contribution < 1.29 is 12.9 Å². The van der Waals surface area contributed by atoms with E-state index in [-0.39, 0.29) is 4.87 Å². The average Bonchev–Trinajstić information content (AvgIpc) is 3.02. The smallest absolute Gasteiger partial charge is 0.178 e. The van der Waals surface area contributed by atoms with Crippen molar-refractivity contribution in [3.05, 3.63) is 60.4 Å². The summed E-state index contributed by atoms with van der Waals surface area (Å²) in [7, 11) is -5.16. The third-order valence-electron chi connectivity index (χ3n) is 5.07. The summed E-state index contributed by atoms with van der Waals surface area (Å²) in [6, 6.07) is 16.9. The monoisotopic (exact) mass is 399 g/mol. The first-order chi connectivity index (χ1) is 12.6. The molecule has 0 amide bonds. The Kier molecular flexibility index (Phi) is 5.14. The normalized spacial score (nSPS) is 13.5. The van der Waals surface area contributed by atoms with Crippen LogP contribution >= 0.6 is 0 Å². The lowest BCUT2D eigenvalue weighted by Gasteiger charge is -2.25. The molecule has 3 aromatic rings. The predicted molar refractivity (Wildman–Crippen MR) is 112 cm³/mol. The molecule has 0 saturated carbocycles. The second-order valence-corrected chi connectivity index (χ2v) is 16.2. The summed E-state index contributed by atoms with van der Waals surface area (Å²) in [4.78, 5) is 0.0210. The summed E-state index contributed by atoms with van der Waals surface area (Å²) >= 11 is 0. The van der Waals surface area contributed by atoms with Gasteiger partial charge >= 0.3 is 0 Å². The summed E-state index contributed by atoms with van der Waals surface area (Å²) in [5, 5.41) is 4.21. The molecule has 0 N–H and O–H groups in total. The van der Waals surface area contributed by atoms with Crippen molar-refractivity contribution in [2.75, 3.05) is 0 Å². The molecule has 2 aromatic carbocycles. The molecule has 1 atom stereocenters. The zero-order chi connectivity index (χ0) is 19.8. The molecule has 1 aromatic heterocycles. The molecule has 6 heteroatoms. The van der Waals surface area contributed by atoms with Gasteiger partial charge in [-0.25, -0.2) is 8.42 Å². The lowest BCUT2D eigenvalue weighted by molar-refractivity contribution is 0.400. The van der Waals surface area contributed by atoms with Gasteiger partial charge in [0.05, 0.1) is 23.4 Å². The molecule has 0 saturated heterocycles. The maximum absolute atomic E-state index is 12.9. The quantitative estimate of drug-likeness (QED) is 0.542. The van der Waals surface area contributed by atoms with Crippen molar-refractivity contribution >= 4 is 17.9 Å². The molecule has 0 aliphatic heterocycles. The van der Waals surface area contributed by atoms with Crippen LogP contribution in [-0.2, 0) is 9.84 Å². The van der Waals surface area contributed by atoms with Gasteiger partial charge in [-0.2, -0.15) is 0 Å². The molecule has 0 aliphatic carbocycles. The van der Waals surface area contributed by atoms with Crippen molar-refractivity contribution in [2.24, 2.45) is 0 Å². The molecule has 0 fully saturated rings. The van der Waals surface area contributed by atoms with E-state index >= 15 is 0 Å². The van der Waals surface area contributed by atoms with Gasteiger partial charge in [-0.05, 0) is 24.6 Å². The fraction of sp³-hybridized carbons (Fsp3) is 0.286. The van der Waals surface area contributed by atoms with E-state index in [1.807, 2.05) is 56.3 Å². The Labute approximate surface area is 162 Å². The number of hydrogen-bond donors (Lipinski definition) is 0. The summed E-state index contributed by atoms with van der Waals surface area (Å²) in [5.74, 6) is 0.736. The van der Waals surface area contributed by atoms with E-state index in [2.05, 4.69) is 24.8 Å². The van der Waals surface area contributed by atoms with Gasteiger partial charge in [-0.15, -0.1) is 0 Å². The Hall–Kier alpha value is -2.18. The average molecular weight is 400 g/mol. The minimum absolute atomic E-state index is 0.343. The highest BCUT2D eigenvalue weighted by molar-refractivity contribution is 7.94. The van der Waals surface area contributed by atoms with Crippen molar-refractivity contribution in [3.8, 4) is 22.4 Å². The third kappa shape index (κ3) is 3.77. The molecule has 0 radical (unpaired) electrons. The number of hydrogen-bond acceptors (Lipinski definition) is 4. The first-order valence-electron chi connectivity index (χ1n) is 8.98. The largest absolute Gasteiger partial charge is 0.360 e. The zero-order valence-corrected chi connectivity index (χ0v) is 18.2. The lowest BCUT2D eigenvalue weighted by Crippen LogP contribution is -2.41. The van der Waals surface area contributed by atoms with Gasteiger partial charge in [0.2, 0.25) is 0 Å². The molecular weight excluding hydrogens is 374 g/mol. The van der Waals surface area contributed by atoms with Crippen molar-refractivity contribution in [1.82, 2.24) is 5.16 Å². The Bertz CT molecular complexity index is 1030. The minimum atomic E-state index is -3.33. The predicted octanol–water partition coefficient (Wildman–Crippen LogP) is 5.36. The Morgan fingerprint density at radius 3 is 2.07 bits per heavy atom. The van der Waals surface area contributed by atoms with Crippen LogP contribution in [0.25, 0.3) is 22.4 Å². The summed E-state index contributed by atoms with van der Waals surface area (Å²) in [6.07, 6.45) is 0. The van der Waals surface area contributed by atoms with Crippen LogP contribution in [0.4, 0.5) is 0 Å². The molecule has 0 bridgehead atoms. The van der Waals surface area contributed by atoms with Gasteiger partial charge < -0.3 is 4.52 Å². The van der Waals surface area contributed by atoms with Gasteiger partial charge in [-0.3, -0.25) is 0 Å². The van der Waals surface area contributed by atoms with Gasteiger partial charge in [0.1, 0.15) is 11.5 Å². The summed E-state index contributed by atoms with van der Waals surface area (Å²) in [6.45, 7) is 9.94.